The van der Waals surface area contributed by atoms with Gasteiger partial charge < -0.3 is 9.64 Å². The fourth-order valence-corrected chi connectivity index (χ4v) is 4.80. The Bertz CT molecular complexity index is 706. The second-order valence-corrected chi connectivity index (χ2v) is 7.86. The third kappa shape index (κ3) is 3.79. The fraction of sp³-hybridized carbons (Fsp3) is 0.533. The molecule has 6 nitrogen and oxygen atoms in total. The summed E-state index contributed by atoms with van der Waals surface area (Å²) in [7, 11) is -2.30. The Morgan fingerprint density at radius 3 is 2.52 bits per heavy atom. The maximum atomic E-state index is 13.0. The van der Waals surface area contributed by atoms with Crippen LogP contribution in [0.3, 0.4) is 0 Å². The molecule has 1 heterocycles. The Kier molecular flexibility index (Phi) is 5.54. The third-order valence-corrected chi connectivity index (χ3v) is 6.05. The van der Waals surface area contributed by atoms with Gasteiger partial charge in [-0.1, -0.05) is 11.6 Å². The van der Waals surface area contributed by atoms with Crippen LogP contribution in [0.5, 0.6) is 5.75 Å². The smallest absolute Gasteiger partial charge is 0.246 e. The van der Waals surface area contributed by atoms with E-state index in [1.165, 1.54) is 24.4 Å². The van der Waals surface area contributed by atoms with Gasteiger partial charge in [-0.05, 0) is 31.0 Å². The van der Waals surface area contributed by atoms with Gasteiger partial charge in [-0.25, -0.2) is 8.42 Å². The molecule has 0 bridgehead atoms. The van der Waals surface area contributed by atoms with E-state index in [0.29, 0.717) is 42.4 Å². The number of hydrogen-bond acceptors (Lipinski definition) is 4. The van der Waals surface area contributed by atoms with Gasteiger partial charge in [0.05, 0.1) is 7.11 Å². The van der Waals surface area contributed by atoms with Crippen LogP contribution in [0, 0.1) is 6.92 Å². The van der Waals surface area contributed by atoms with Crippen LogP contribution in [0.1, 0.15) is 18.9 Å². The SMILES string of the molecule is COc1c(C)cc(Cl)cc1S(=O)(=O)N1CCCN(C(C)=O)CC1. The van der Waals surface area contributed by atoms with Crippen molar-refractivity contribution >= 4 is 27.5 Å². The Morgan fingerprint density at radius 2 is 1.91 bits per heavy atom. The van der Waals surface area contributed by atoms with Crippen molar-refractivity contribution in [2.75, 3.05) is 33.3 Å². The summed E-state index contributed by atoms with van der Waals surface area (Å²) in [5, 5.41) is 0.349. The van der Waals surface area contributed by atoms with Gasteiger partial charge in [-0.2, -0.15) is 4.31 Å². The van der Waals surface area contributed by atoms with Crippen LogP contribution in [-0.2, 0) is 14.8 Å². The molecule has 0 radical (unpaired) electrons. The number of carbonyl (C=O) groups excluding carboxylic acids is 1. The lowest BCUT2D eigenvalue weighted by Crippen LogP contribution is -2.36. The first-order valence-corrected chi connectivity index (χ1v) is 9.19. The third-order valence-electron chi connectivity index (χ3n) is 3.93. The summed E-state index contributed by atoms with van der Waals surface area (Å²) in [5.74, 6) is 0.266. The number of halogens is 1. The van der Waals surface area contributed by atoms with Crippen molar-refractivity contribution in [3.8, 4) is 5.75 Å². The number of nitrogens with zero attached hydrogens (tertiary/aromatic N) is 2. The zero-order valence-electron chi connectivity index (χ0n) is 13.5. The Balaban J connectivity index is 2.37. The maximum Gasteiger partial charge on any atom is 0.246 e. The molecule has 1 amide bonds. The summed E-state index contributed by atoms with van der Waals surface area (Å²) in [5.41, 5.74) is 0.666. The van der Waals surface area contributed by atoms with Gasteiger partial charge in [0.2, 0.25) is 15.9 Å². The second kappa shape index (κ2) is 7.07. The molecule has 1 aliphatic heterocycles. The fourth-order valence-electron chi connectivity index (χ4n) is 2.74. The number of carbonyl (C=O) groups is 1. The van der Waals surface area contributed by atoms with Crippen LogP contribution in [-0.4, -0.2) is 56.8 Å². The number of benzene rings is 1. The van der Waals surface area contributed by atoms with E-state index in [-0.39, 0.29) is 17.3 Å². The molecule has 0 atom stereocenters. The predicted molar refractivity (Wildman–Crippen MR) is 88.4 cm³/mol. The van der Waals surface area contributed by atoms with Crippen LogP contribution in [0.4, 0.5) is 0 Å². The minimum absolute atomic E-state index is 0.0413. The molecule has 1 aromatic carbocycles. The number of hydrogen-bond donors (Lipinski definition) is 0. The van der Waals surface area contributed by atoms with Crippen molar-refractivity contribution in [3.63, 3.8) is 0 Å². The second-order valence-electron chi connectivity index (χ2n) is 5.52. The zero-order chi connectivity index (χ0) is 17.2. The average Bonchev–Trinajstić information content (AvgIpc) is 2.73. The zero-order valence-corrected chi connectivity index (χ0v) is 15.1. The Hall–Kier alpha value is -1.31. The molecule has 2 rings (SSSR count). The Labute approximate surface area is 142 Å². The minimum Gasteiger partial charge on any atom is -0.495 e. The molecule has 128 valence electrons. The summed E-state index contributed by atoms with van der Waals surface area (Å²) >= 11 is 6.03. The van der Waals surface area contributed by atoms with Gasteiger partial charge in [0.1, 0.15) is 10.6 Å². The molecular formula is C15H21ClN2O4S. The molecule has 1 aliphatic rings. The minimum atomic E-state index is -3.74. The summed E-state index contributed by atoms with van der Waals surface area (Å²) in [6.45, 7) is 4.82. The summed E-state index contributed by atoms with van der Waals surface area (Å²) in [6.07, 6.45) is 0.598. The number of aryl methyl sites for hydroxylation is 1. The molecule has 1 fully saturated rings. The first kappa shape index (κ1) is 18.0. The van der Waals surface area contributed by atoms with E-state index in [4.69, 9.17) is 16.3 Å². The lowest BCUT2D eigenvalue weighted by atomic mass is 10.2. The van der Waals surface area contributed by atoms with Gasteiger partial charge >= 0.3 is 0 Å². The van der Waals surface area contributed by atoms with E-state index in [0.717, 1.165) is 0 Å². The Morgan fingerprint density at radius 1 is 1.22 bits per heavy atom. The predicted octanol–water partition coefficient (Wildman–Crippen LogP) is 1.90. The van der Waals surface area contributed by atoms with Crippen molar-refractivity contribution in [1.82, 2.24) is 9.21 Å². The first-order valence-electron chi connectivity index (χ1n) is 7.37. The highest BCUT2D eigenvalue weighted by Crippen LogP contribution is 2.33. The first-order chi connectivity index (χ1) is 10.8. The molecule has 0 N–H and O–H groups in total. The summed E-state index contributed by atoms with van der Waals surface area (Å²) in [6, 6.07) is 3.08. The van der Waals surface area contributed by atoms with Gasteiger partial charge in [0.25, 0.3) is 0 Å². The molecule has 23 heavy (non-hydrogen) atoms. The van der Waals surface area contributed by atoms with Gasteiger partial charge in [-0.15, -0.1) is 0 Å². The summed E-state index contributed by atoms with van der Waals surface area (Å²) < 4.78 is 32.6. The normalized spacial score (nSPS) is 17.0. The van der Waals surface area contributed by atoms with Crippen LogP contribution in [0.25, 0.3) is 0 Å². The molecule has 0 spiro atoms. The molecule has 8 heteroatoms. The lowest BCUT2D eigenvalue weighted by Gasteiger charge is -2.22. The number of sulfonamides is 1. The van der Waals surface area contributed by atoms with Crippen LogP contribution >= 0.6 is 11.6 Å². The average molecular weight is 361 g/mol. The van der Waals surface area contributed by atoms with Crippen LogP contribution in [0.15, 0.2) is 17.0 Å². The van der Waals surface area contributed by atoms with E-state index in [2.05, 4.69) is 0 Å². The lowest BCUT2D eigenvalue weighted by molar-refractivity contribution is -0.128. The molecule has 0 aliphatic carbocycles. The number of ether oxygens (including phenoxy) is 1. The molecule has 0 unspecified atom stereocenters. The highest BCUT2D eigenvalue weighted by Gasteiger charge is 2.31. The van der Waals surface area contributed by atoms with Crippen molar-refractivity contribution in [2.45, 2.75) is 25.2 Å². The number of rotatable bonds is 3. The highest BCUT2D eigenvalue weighted by atomic mass is 35.5. The van der Waals surface area contributed by atoms with Crippen molar-refractivity contribution in [2.24, 2.45) is 0 Å². The van der Waals surface area contributed by atoms with Crippen molar-refractivity contribution in [3.05, 3.63) is 22.7 Å². The highest BCUT2D eigenvalue weighted by molar-refractivity contribution is 7.89. The van der Waals surface area contributed by atoms with Crippen molar-refractivity contribution < 1.29 is 17.9 Å². The van der Waals surface area contributed by atoms with Gasteiger partial charge in [-0.3, -0.25) is 4.79 Å². The molecule has 1 saturated heterocycles. The van der Waals surface area contributed by atoms with E-state index in [1.54, 1.807) is 17.9 Å². The van der Waals surface area contributed by atoms with Gasteiger partial charge in [0, 0.05) is 38.1 Å². The molecule has 0 aromatic heterocycles. The van der Waals surface area contributed by atoms with E-state index < -0.39 is 10.0 Å². The van der Waals surface area contributed by atoms with Crippen LogP contribution in [0.2, 0.25) is 5.02 Å². The van der Waals surface area contributed by atoms with E-state index >= 15 is 0 Å². The topological polar surface area (TPSA) is 66.9 Å². The maximum absolute atomic E-state index is 13.0. The number of amides is 1. The van der Waals surface area contributed by atoms with Crippen LogP contribution < -0.4 is 4.74 Å². The molecule has 1 aromatic rings. The standard InChI is InChI=1S/C15H21ClN2O4S/c1-11-9-13(16)10-14(15(11)22-3)23(20,21)18-6-4-5-17(7-8-18)12(2)19/h9-10H,4-8H2,1-3H3. The quantitative estimate of drug-likeness (QED) is 0.825. The summed E-state index contributed by atoms with van der Waals surface area (Å²) in [4.78, 5) is 13.2. The van der Waals surface area contributed by atoms with E-state index in [1.807, 2.05) is 0 Å². The van der Waals surface area contributed by atoms with Gasteiger partial charge in [0.15, 0.2) is 0 Å². The monoisotopic (exact) mass is 360 g/mol. The number of methoxy groups -OCH3 is 1. The van der Waals surface area contributed by atoms with Crippen molar-refractivity contribution in [1.29, 1.82) is 0 Å². The molecular weight excluding hydrogens is 340 g/mol. The van der Waals surface area contributed by atoms with E-state index in [9.17, 15) is 13.2 Å². The molecule has 0 saturated carbocycles. The largest absolute Gasteiger partial charge is 0.495 e.